The molecule has 2 aliphatic rings. The Morgan fingerprint density at radius 3 is 2.26 bits per heavy atom. The highest BCUT2D eigenvalue weighted by molar-refractivity contribution is 6.05. The van der Waals surface area contributed by atoms with Gasteiger partial charge in [-0.15, -0.1) is 0 Å². The van der Waals surface area contributed by atoms with Gasteiger partial charge >= 0.3 is 5.97 Å². The molecule has 0 saturated heterocycles. The molecule has 5 heterocycles. The molecule has 1 aliphatic heterocycles. The molecule has 4 aromatic heterocycles. The maximum Gasteiger partial charge on any atom is 0.357 e. The molecule has 3 aromatic carbocycles. The molecule has 0 bridgehead atoms. The second kappa shape index (κ2) is 11.9. The molecule has 1 fully saturated rings. The summed E-state index contributed by atoms with van der Waals surface area (Å²) in [6.45, 7) is 0. The topological polar surface area (TPSA) is 156 Å². The van der Waals surface area contributed by atoms with Crippen LogP contribution in [0.4, 0.5) is 11.4 Å². The lowest BCUT2D eigenvalue weighted by atomic mass is 9.90. The van der Waals surface area contributed by atoms with E-state index in [9.17, 15) is 9.90 Å². The average molecular weight is 659 g/mol. The Kier molecular flexibility index (Phi) is 7.08. The quantitative estimate of drug-likeness (QED) is 0.196. The van der Waals surface area contributed by atoms with Crippen LogP contribution in [0.15, 0.2) is 104 Å². The maximum atomic E-state index is 14.0. The van der Waals surface area contributed by atoms with Gasteiger partial charge in [0.1, 0.15) is 23.1 Å². The van der Waals surface area contributed by atoms with E-state index in [0.29, 0.717) is 39.5 Å². The van der Waals surface area contributed by atoms with Gasteiger partial charge in [-0.05, 0) is 30.0 Å². The summed E-state index contributed by atoms with van der Waals surface area (Å²) >= 11 is 0. The van der Waals surface area contributed by atoms with E-state index in [-0.39, 0.29) is 11.7 Å². The maximum absolute atomic E-state index is 14.0. The lowest BCUT2D eigenvalue weighted by Crippen LogP contribution is -2.58. The summed E-state index contributed by atoms with van der Waals surface area (Å²) in [6, 6.07) is 23.6. The molecule has 2 N–H and O–H groups in total. The van der Waals surface area contributed by atoms with Gasteiger partial charge in [0.05, 0.1) is 41.9 Å². The van der Waals surface area contributed by atoms with Gasteiger partial charge in [0.25, 0.3) is 5.66 Å². The highest BCUT2D eigenvalue weighted by atomic mass is 16.4. The number of anilines is 2. The third-order valence-electron chi connectivity index (χ3n) is 9.63. The minimum absolute atomic E-state index is 0.0747. The summed E-state index contributed by atoms with van der Waals surface area (Å²) in [5.41, 5.74) is 5.56. The second-order valence-electron chi connectivity index (χ2n) is 12.6. The molecule has 244 valence electrons. The number of hydrogen-bond acceptors (Lipinski definition) is 11. The van der Waals surface area contributed by atoms with Crippen molar-refractivity contribution in [1.29, 1.82) is 0 Å². The van der Waals surface area contributed by atoms with E-state index in [2.05, 4.69) is 35.2 Å². The number of rotatable bonds is 6. The predicted molar refractivity (Wildman–Crippen MR) is 189 cm³/mol. The Morgan fingerprint density at radius 1 is 0.740 bits per heavy atom. The molecule has 12 nitrogen and oxygen atoms in total. The van der Waals surface area contributed by atoms with Crippen molar-refractivity contribution in [3.63, 3.8) is 0 Å². The minimum Gasteiger partial charge on any atom is -0.478 e. The van der Waals surface area contributed by atoms with Crippen molar-refractivity contribution in [3.8, 4) is 33.8 Å². The lowest BCUT2D eigenvalue weighted by molar-refractivity contribution is -0.143. The molecule has 1 unspecified atom stereocenters. The largest absolute Gasteiger partial charge is 0.478 e. The molecule has 0 radical (unpaired) electrons. The van der Waals surface area contributed by atoms with Crippen molar-refractivity contribution < 1.29 is 9.90 Å². The highest BCUT2D eigenvalue weighted by Crippen LogP contribution is 2.54. The Labute approximate surface area is 286 Å². The second-order valence-corrected chi connectivity index (χ2v) is 12.6. The zero-order valence-electron chi connectivity index (χ0n) is 26.8. The average Bonchev–Trinajstić information content (AvgIpc) is 3.54. The van der Waals surface area contributed by atoms with E-state index >= 15 is 0 Å². The van der Waals surface area contributed by atoms with Crippen LogP contribution in [0.25, 0.3) is 56.1 Å². The van der Waals surface area contributed by atoms with E-state index in [1.807, 2.05) is 77.7 Å². The minimum atomic E-state index is -1.79. The number of benzene rings is 3. The number of carbonyl (C=O) groups is 1. The normalized spacial score (nSPS) is 17.5. The number of nitrogens with one attached hydrogen (secondary N) is 1. The number of aromatic nitrogens is 8. The van der Waals surface area contributed by atoms with Gasteiger partial charge in [0, 0.05) is 17.2 Å². The number of aliphatic carboxylic acids is 1. The molecule has 9 rings (SSSR count). The van der Waals surface area contributed by atoms with E-state index in [4.69, 9.17) is 9.97 Å². The standard InChI is InChI=1S/C38H30N10O2/c49-37(50)38(31-21-42-36-29(45-31)20-40-34(46-36)24-12-6-2-7-13-24)47-33-30(48(38)25-14-8-3-9-15-25)17-16-26(23-10-4-1-5-11-23)32(33)27-19-41-35-28(44-27)18-39-22-43-35/h1-2,4-7,10-13,16-22,25,47H,3,8-9,14-15H2,(H,49,50). The van der Waals surface area contributed by atoms with Crippen LogP contribution < -0.4 is 10.2 Å². The molecule has 50 heavy (non-hydrogen) atoms. The first-order valence-corrected chi connectivity index (χ1v) is 16.6. The van der Waals surface area contributed by atoms with Crippen LogP contribution in [0.2, 0.25) is 0 Å². The van der Waals surface area contributed by atoms with Crippen molar-refractivity contribution in [3.05, 3.63) is 110 Å². The van der Waals surface area contributed by atoms with Crippen molar-refractivity contribution in [2.75, 3.05) is 10.2 Å². The summed E-state index contributed by atoms with van der Waals surface area (Å²) in [5, 5.41) is 14.9. The zero-order chi connectivity index (χ0) is 33.7. The van der Waals surface area contributed by atoms with E-state index < -0.39 is 11.6 Å². The summed E-state index contributed by atoms with van der Waals surface area (Å²) in [6.07, 6.45) is 12.7. The van der Waals surface area contributed by atoms with Gasteiger partial charge in [-0.1, -0.05) is 86.0 Å². The van der Waals surface area contributed by atoms with Gasteiger partial charge in [-0.3, -0.25) is 0 Å². The third kappa shape index (κ3) is 4.79. The van der Waals surface area contributed by atoms with Crippen LogP contribution in [-0.2, 0) is 10.5 Å². The molecular formula is C38H30N10O2. The summed E-state index contributed by atoms with van der Waals surface area (Å²) < 4.78 is 0. The fourth-order valence-electron chi connectivity index (χ4n) is 7.35. The van der Waals surface area contributed by atoms with E-state index in [1.54, 1.807) is 18.6 Å². The van der Waals surface area contributed by atoms with Gasteiger partial charge in [0.15, 0.2) is 17.1 Å². The number of nitrogens with zero attached hydrogens (tertiary/aromatic N) is 9. The first kappa shape index (κ1) is 29.7. The molecule has 0 amide bonds. The summed E-state index contributed by atoms with van der Waals surface area (Å²) in [4.78, 5) is 52.8. The molecule has 0 spiro atoms. The number of carboxylic acids is 1. The summed E-state index contributed by atoms with van der Waals surface area (Å²) in [7, 11) is 0. The van der Waals surface area contributed by atoms with Crippen LogP contribution >= 0.6 is 0 Å². The first-order valence-electron chi connectivity index (χ1n) is 16.6. The van der Waals surface area contributed by atoms with Gasteiger partial charge in [-0.2, -0.15) is 0 Å². The van der Waals surface area contributed by atoms with E-state index in [0.717, 1.165) is 60.0 Å². The molecule has 1 saturated carbocycles. The number of carboxylic acid groups (broad SMARTS) is 1. The van der Waals surface area contributed by atoms with Gasteiger partial charge in [-0.25, -0.2) is 44.7 Å². The van der Waals surface area contributed by atoms with Gasteiger partial charge in [0.2, 0.25) is 0 Å². The van der Waals surface area contributed by atoms with Crippen molar-refractivity contribution in [2.24, 2.45) is 0 Å². The molecular weight excluding hydrogens is 628 g/mol. The van der Waals surface area contributed by atoms with Crippen LogP contribution in [0.1, 0.15) is 37.8 Å². The van der Waals surface area contributed by atoms with Gasteiger partial charge < -0.3 is 15.3 Å². The van der Waals surface area contributed by atoms with Crippen LogP contribution in [-0.4, -0.2) is 57.0 Å². The van der Waals surface area contributed by atoms with Crippen LogP contribution in [0.3, 0.4) is 0 Å². The molecule has 1 atom stereocenters. The Bertz CT molecular complexity index is 2400. The van der Waals surface area contributed by atoms with E-state index in [1.165, 1.54) is 12.5 Å². The Balaban J connectivity index is 1.27. The lowest BCUT2D eigenvalue weighted by Gasteiger charge is -2.42. The highest BCUT2D eigenvalue weighted by Gasteiger charge is 2.56. The monoisotopic (exact) mass is 658 g/mol. The zero-order valence-corrected chi connectivity index (χ0v) is 26.8. The smallest absolute Gasteiger partial charge is 0.357 e. The first-order chi connectivity index (χ1) is 24.6. The van der Waals surface area contributed by atoms with Crippen LogP contribution in [0, 0.1) is 0 Å². The SMILES string of the molecule is O=C(O)C1(c2cnc3nc(-c4ccccc4)ncc3n2)Nc2c(ccc(-c3ccccc3)c2-c2cnc3ncncc3n2)N1C1CCCCC1. The Hall–Kier alpha value is -6.43. The molecule has 1 aliphatic carbocycles. The number of fused-ring (bicyclic) bond motifs is 3. The fourth-order valence-corrected chi connectivity index (χ4v) is 7.35. The molecule has 12 heteroatoms. The predicted octanol–water partition coefficient (Wildman–Crippen LogP) is 6.66. The molecule has 7 aromatic rings. The Morgan fingerprint density at radius 2 is 1.48 bits per heavy atom. The number of hydrogen-bond donors (Lipinski definition) is 2. The van der Waals surface area contributed by atoms with Crippen molar-refractivity contribution in [1.82, 2.24) is 39.9 Å². The van der Waals surface area contributed by atoms with Crippen LogP contribution in [0.5, 0.6) is 0 Å². The van der Waals surface area contributed by atoms with Crippen molar-refractivity contribution in [2.45, 2.75) is 43.8 Å². The summed E-state index contributed by atoms with van der Waals surface area (Å²) in [5.74, 6) is -0.580. The third-order valence-corrected chi connectivity index (χ3v) is 9.63. The van der Waals surface area contributed by atoms with Crippen molar-refractivity contribution >= 4 is 39.7 Å². The fraction of sp³-hybridized carbons (Fsp3) is 0.184.